The minimum Gasteiger partial charge on any atom is -0.484 e. The molecule has 0 fully saturated rings. The highest BCUT2D eigenvalue weighted by Gasteiger charge is 2.29. The van der Waals surface area contributed by atoms with Gasteiger partial charge in [-0.05, 0) is 69.9 Å². The first-order valence-electron chi connectivity index (χ1n) is 10.6. The van der Waals surface area contributed by atoms with Crippen LogP contribution in [0.15, 0.2) is 42.5 Å². The summed E-state index contributed by atoms with van der Waals surface area (Å²) in [6.45, 7) is 12.1. The molecular formula is C25H34N2O3. The summed E-state index contributed by atoms with van der Waals surface area (Å²) in [6.07, 6.45) is 0.528. The van der Waals surface area contributed by atoms with Crippen LogP contribution in [-0.4, -0.2) is 35.4 Å². The lowest BCUT2D eigenvalue weighted by atomic mass is 10.1. The summed E-state index contributed by atoms with van der Waals surface area (Å²) in [5, 5.41) is 2.94. The van der Waals surface area contributed by atoms with Crippen molar-refractivity contribution in [3.05, 3.63) is 64.7 Å². The van der Waals surface area contributed by atoms with E-state index in [4.69, 9.17) is 4.74 Å². The lowest BCUT2D eigenvalue weighted by Crippen LogP contribution is -2.51. The molecule has 1 N–H and O–H groups in total. The van der Waals surface area contributed by atoms with Crippen LogP contribution in [0.4, 0.5) is 0 Å². The van der Waals surface area contributed by atoms with Gasteiger partial charge in [-0.2, -0.15) is 0 Å². The Hall–Kier alpha value is -2.82. The summed E-state index contributed by atoms with van der Waals surface area (Å²) in [5.41, 5.74) is 4.39. The average Bonchev–Trinajstić information content (AvgIpc) is 2.68. The molecule has 5 nitrogen and oxygen atoms in total. The fraction of sp³-hybridized carbons (Fsp3) is 0.440. The number of rotatable bonds is 9. The maximum absolute atomic E-state index is 13.2. The number of aryl methyl sites for hydroxylation is 3. The molecule has 2 aromatic carbocycles. The predicted octanol–water partition coefficient (Wildman–Crippen LogP) is 4.32. The van der Waals surface area contributed by atoms with E-state index in [0.29, 0.717) is 18.7 Å². The van der Waals surface area contributed by atoms with Crippen molar-refractivity contribution in [3.8, 4) is 5.75 Å². The maximum Gasteiger partial charge on any atom is 0.261 e. The van der Waals surface area contributed by atoms with Gasteiger partial charge in [0, 0.05) is 12.6 Å². The second-order valence-corrected chi connectivity index (χ2v) is 8.13. The van der Waals surface area contributed by atoms with Gasteiger partial charge in [0.2, 0.25) is 5.91 Å². The van der Waals surface area contributed by atoms with Gasteiger partial charge in [-0.1, -0.05) is 42.8 Å². The first-order valence-corrected chi connectivity index (χ1v) is 10.6. The van der Waals surface area contributed by atoms with Gasteiger partial charge in [0.1, 0.15) is 11.8 Å². The third kappa shape index (κ3) is 6.61. The zero-order chi connectivity index (χ0) is 22.3. The Morgan fingerprint density at radius 3 is 2.37 bits per heavy atom. The van der Waals surface area contributed by atoms with Gasteiger partial charge in [-0.25, -0.2) is 0 Å². The molecule has 162 valence electrons. The highest BCUT2D eigenvalue weighted by molar-refractivity contribution is 5.88. The van der Waals surface area contributed by atoms with E-state index in [1.54, 1.807) is 4.90 Å². The molecule has 1 atom stereocenters. The lowest BCUT2D eigenvalue weighted by molar-refractivity contribution is -0.143. The summed E-state index contributed by atoms with van der Waals surface area (Å²) in [5.74, 6) is 0.307. The van der Waals surface area contributed by atoms with E-state index in [2.05, 4.69) is 5.32 Å². The summed E-state index contributed by atoms with van der Waals surface area (Å²) in [4.78, 5) is 27.6. The molecule has 30 heavy (non-hydrogen) atoms. The molecule has 0 saturated carbocycles. The van der Waals surface area contributed by atoms with E-state index >= 15 is 0 Å². The molecule has 2 rings (SSSR count). The van der Waals surface area contributed by atoms with Crippen molar-refractivity contribution in [1.82, 2.24) is 10.2 Å². The fourth-order valence-electron chi connectivity index (χ4n) is 3.34. The Morgan fingerprint density at radius 1 is 1.03 bits per heavy atom. The molecular weight excluding hydrogens is 376 g/mol. The van der Waals surface area contributed by atoms with E-state index in [1.165, 1.54) is 5.56 Å². The van der Waals surface area contributed by atoms with Crippen molar-refractivity contribution in [2.75, 3.05) is 6.61 Å². The van der Waals surface area contributed by atoms with E-state index in [-0.39, 0.29) is 24.5 Å². The maximum atomic E-state index is 13.2. The van der Waals surface area contributed by atoms with Crippen LogP contribution in [0.2, 0.25) is 0 Å². The van der Waals surface area contributed by atoms with Gasteiger partial charge in [-0.3, -0.25) is 9.59 Å². The third-order valence-electron chi connectivity index (χ3n) is 5.09. The van der Waals surface area contributed by atoms with Crippen LogP contribution in [0.3, 0.4) is 0 Å². The summed E-state index contributed by atoms with van der Waals surface area (Å²) >= 11 is 0. The van der Waals surface area contributed by atoms with Crippen LogP contribution in [0.25, 0.3) is 0 Å². The van der Waals surface area contributed by atoms with E-state index in [1.807, 2.05) is 84.0 Å². The smallest absolute Gasteiger partial charge is 0.261 e. The molecule has 0 saturated heterocycles. The number of benzene rings is 2. The van der Waals surface area contributed by atoms with E-state index in [0.717, 1.165) is 16.7 Å². The zero-order valence-corrected chi connectivity index (χ0v) is 19.0. The molecule has 0 aliphatic carbocycles. The van der Waals surface area contributed by atoms with Gasteiger partial charge in [0.25, 0.3) is 5.91 Å². The van der Waals surface area contributed by atoms with Crippen molar-refractivity contribution < 1.29 is 14.3 Å². The van der Waals surface area contributed by atoms with Crippen molar-refractivity contribution in [3.63, 3.8) is 0 Å². The highest BCUT2D eigenvalue weighted by Crippen LogP contribution is 2.18. The van der Waals surface area contributed by atoms with Crippen LogP contribution in [-0.2, 0) is 16.1 Å². The van der Waals surface area contributed by atoms with Crippen LogP contribution in [0.1, 0.15) is 49.4 Å². The highest BCUT2D eigenvalue weighted by atomic mass is 16.5. The summed E-state index contributed by atoms with van der Waals surface area (Å²) < 4.78 is 5.78. The molecule has 0 aliphatic heterocycles. The van der Waals surface area contributed by atoms with E-state index in [9.17, 15) is 9.59 Å². The Morgan fingerprint density at radius 2 is 1.77 bits per heavy atom. The normalized spacial score (nSPS) is 11.8. The quantitative estimate of drug-likeness (QED) is 0.670. The largest absolute Gasteiger partial charge is 0.484 e. The Labute approximate surface area is 180 Å². The number of amides is 2. The fourth-order valence-corrected chi connectivity index (χ4v) is 3.34. The SMILES string of the molecule is CC[C@H](C(=O)NC(C)C)N(Cc1cccc(C)c1)C(=O)COc1ccc(C)c(C)c1. The Balaban J connectivity index is 2.22. The van der Waals surface area contributed by atoms with E-state index < -0.39 is 6.04 Å². The zero-order valence-electron chi connectivity index (χ0n) is 19.0. The Kier molecular flexibility index (Phi) is 8.46. The molecule has 0 aliphatic rings. The number of ether oxygens (including phenoxy) is 1. The average molecular weight is 411 g/mol. The van der Waals surface area contributed by atoms with Gasteiger partial charge in [0.05, 0.1) is 0 Å². The molecule has 2 amide bonds. The minimum atomic E-state index is -0.552. The topological polar surface area (TPSA) is 58.6 Å². The second-order valence-electron chi connectivity index (χ2n) is 8.13. The van der Waals surface area contributed by atoms with Gasteiger partial charge < -0.3 is 15.0 Å². The number of carbonyl (C=O) groups is 2. The minimum absolute atomic E-state index is 0.00857. The molecule has 0 aromatic heterocycles. The van der Waals surface area contributed by atoms with Crippen LogP contribution in [0.5, 0.6) is 5.75 Å². The van der Waals surface area contributed by atoms with Crippen molar-refractivity contribution in [1.29, 1.82) is 0 Å². The first-order chi connectivity index (χ1) is 14.2. The summed E-state index contributed by atoms with van der Waals surface area (Å²) in [7, 11) is 0. The Bertz CT molecular complexity index is 876. The van der Waals surface area contributed by atoms with Crippen molar-refractivity contribution in [2.24, 2.45) is 0 Å². The summed E-state index contributed by atoms with van der Waals surface area (Å²) in [6, 6.07) is 13.2. The molecule has 0 heterocycles. The van der Waals surface area contributed by atoms with Crippen molar-refractivity contribution in [2.45, 2.75) is 66.6 Å². The standard InChI is InChI=1S/C25H34N2O3/c1-7-23(25(29)26-17(2)3)27(15-21-10-8-9-18(4)13-21)24(28)16-30-22-12-11-19(5)20(6)14-22/h8-14,17,23H,7,15-16H2,1-6H3,(H,26,29)/t23-/m1/s1. The van der Waals surface area contributed by atoms with Crippen LogP contribution < -0.4 is 10.1 Å². The lowest BCUT2D eigenvalue weighted by Gasteiger charge is -2.31. The molecule has 0 radical (unpaired) electrons. The van der Waals surface area contributed by atoms with Crippen LogP contribution in [0, 0.1) is 20.8 Å². The van der Waals surface area contributed by atoms with Crippen LogP contribution >= 0.6 is 0 Å². The molecule has 0 spiro atoms. The molecule has 2 aromatic rings. The third-order valence-corrected chi connectivity index (χ3v) is 5.09. The number of carbonyl (C=O) groups excluding carboxylic acids is 2. The number of hydrogen-bond acceptors (Lipinski definition) is 3. The van der Waals surface area contributed by atoms with Crippen molar-refractivity contribution >= 4 is 11.8 Å². The predicted molar refractivity (Wildman–Crippen MR) is 120 cm³/mol. The van der Waals surface area contributed by atoms with Gasteiger partial charge in [-0.15, -0.1) is 0 Å². The number of nitrogens with one attached hydrogen (secondary N) is 1. The molecule has 0 bridgehead atoms. The number of nitrogens with zero attached hydrogens (tertiary/aromatic N) is 1. The monoisotopic (exact) mass is 410 g/mol. The van der Waals surface area contributed by atoms with Gasteiger partial charge >= 0.3 is 0 Å². The molecule has 5 heteroatoms. The first kappa shape index (κ1) is 23.5. The molecule has 0 unspecified atom stereocenters. The number of hydrogen-bond donors (Lipinski definition) is 1. The van der Waals surface area contributed by atoms with Gasteiger partial charge in [0.15, 0.2) is 6.61 Å². The second kappa shape index (κ2) is 10.8.